The SMILES string of the molecule is CCCOc1ccc(OCC(=O)NC)cc1. The lowest BCUT2D eigenvalue weighted by molar-refractivity contribution is -0.122. The van der Waals surface area contributed by atoms with E-state index in [2.05, 4.69) is 12.2 Å². The average molecular weight is 223 g/mol. The number of carbonyl (C=O) groups is 1. The van der Waals surface area contributed by atoms with Crippen molar-refractivity contribution < 1.29 is 14.3 Å². The van der Waals surface area contributed by atoms with E-state index >= 15 is 0 Å². The van der Waals surface area contributed by atoms with E-state index < -0.39 is 0 Å². The highest BCUT2D eigenvalue weighted by atomic mass is 16.5. The molecule has 0 unspecified atom stereocenters. The fourth-order valence-electron chi connectivity index (χ4n) is 1.07. The molecule has 0 saturated carbocycles. The fourth-order valence-corrected chi connectivity index (χ4v) is 1.07. The van der Waals surface area contributed by atoms with Gasteiger partial charge in [-0.05, 0) is 30.7 Å². The summed E-state index contributed by atoms with van der Waals surface area (Å²) in [7, 11) is 1.58. The van der Waals surface area contributed by atoms with Gasteiger partial charge >= 0.3 is 0 Å². The van der Waals surface area contributed by atoms with Crippen molar-refractivity contribution in [2.45, 2.75) is 13.3 Å². The van der Waals surface area contributed by atoms with Crippen molar-refractivity contribution >= 4 is 5.91 Å². The minimum absolute atomic E-state index is 0.0334. The monoisotopic (exact) mass is 223 g/mol. The summed E-state index contributed by atoms with van der Waals surface area (Å²) in [5.41, 5.74) is 0. The summed E-state index contributed by atoms with van der Waals surface area (Å²) in [4.78, 5) is 10.9. The van der Waals surface area contributed by atoms with E-state index in [0.717, 1.165) is 12.2 Å². The molecule has 88 valence electrons. The molecule has 0 spiro atoms. The number of likely N-dealkylation sites (N-methyl/N-ethyl adjacent to an activating group) is 1. The van der Waals surface area contributed by atoms with Gasteiger partial charge in [0.25, 0.3) is 5.91 Å². The molecule has 1 amide bonds. The minimum atomic E-state index is -0.147. The van der Waals surface area contributed by atoms with Crippen LogP contribution in [-0.2, 0) is 4.79 Å². The van der Waals surface area contributed by atoms with Crippen LogP contribution in [0.4, 0.5) is 0 Å². The first kappa shape index (κ1) is 12.4. The molecule has 4 nitrogen and oxygen atoms in total. The standard InChI is InChI=1S/C12H17NO3/c1-3-8-15-10-4-6-11(7-5-10)16-9-12(14)13-2/h4-7H,3,8-9H2,1-2H3,(H,13,14). The summed E-state index contributed by atoms with van der Waals surface area (Å²) in [6, 6.07) is 7.23. The van der Waals surface area contributed by atoms with E-state index in [1.54, 1.807) is 19.2 Å². The van der Waals surface area contributed by atoms with Gasteiger partial charge in [-0.2, -0.15) is 0 Å². The van der Waals surface area contributed by atoms with Gasteiger partial charge in [0.2, 0.25) is 0 Å². The molecule has 1 rings (SSSR count). The van der Waals surface area contributed by atoms with Crippen molar-refractivity contribution in [1.82, 2.24) is 5.32 Å². The van der Waals surface area contributed by atoms with Crippen LogP contribution in [0.15, 0.2) is 24.3 Å². The molecule has 1 aromatic carbocycles. The van der Waals surface area contributed by atoms with Crippen LogP contribution >= 0.6 is 0 Å². The van der Waals surface area contributed by atoms with E-state index in [4.69, 9.17) is 9.47 Å². The Morgan fingerprint density at radius 1 is 1.19 bits per heavy atom. The van der Waals surface area contributed by atoms with Gasteiger partial charge in [-0.1, -0.05) is 6.92 Å². The van der Waals surface area contributed by atoms with Crippen LogP contribution in [0, 0.1) is 0 Å². The van der Waals surface area contributed by atoms with Crippen LogP contribution in [0.5, 0.6) is 11.5 Å². The van der Waals surface area contributed by atoms with Gasteiger partial charge in [0.1, 0.15) is 11.5 Å². The van der Waals surface area contributed by atoms with Crippen molar-refractivity contribution in [2.75, 3.05) is 20.3 Å². The van der Waals surface area contributed by atoms with Gasteiger partial charge in [0.05, 0.1) is 6.61 Å². The molecule has 0 aliphatic rings. The van der Waals surface area contributed by atoms with E-state index in [0.29, 0.717) is 12.4 Å². The van der Waals surface area contributed by atoms with Gasteiger partial charge in [-0.3, -0.25) is 4.79 Å². The largest absolute Gasteiger partial charge is 0.494 e. The van der Waals surface area contributed by atoms with Crippen LogP contribution in [0.25, 0.3) is 0 Å². The van der Waals surface area contributed by atoms with Gasteiger partial charge < -0.3 is 14.8 Å². The normalized spacial score (nSPS) is 9.62. The number of carbonyl (C=O) groups excluding carboxylic acids is 1. The summed E-state index contributed by atoms with van der Waals surface area (Å²) in [6.45, 7) is 2.80. The zero-order valence-electron chi connectivity index (χ0n) is 9.66. The van der Waals surface area contributed by atoms with Gasteiger partial charge in [0.15, 0.2) is 6.61 Å². The van der Waals surface area contributed by atoms with Crippen molar-refractivity contribution in [3.63, 3.8) is 0 Å². The number of amides is 1. The summed E-state index contributed by atoms with van der Waals surface area (Å²) in [5, 5.41) is 2.49. The first-order chi connectivity index (χ1) is 7.76. The Morgan fingerprint density at radius 3 is 2.25 bits per heavy atom. The van der Waals surface area contributed by atoms with Crippen LogP contribution < -0.4 is 14.8 Å². The Morgan fingerprint density at radius 2 is 1.75 bits per heavy atom. The molecular weight excluding hydrogens is 206 g/mol. The maximum absolute atomic E-state index is 10.9. The molecule has 0 aromatic heterocycles. The molecule has 0 atom stereocenters. The number of benzene rings is 1. The molecule has 0 bridgehead atoms. The lowest BCUT2D eigenvalue weighted by Gasteiger charge is -2.07. The lowest BCUT2D eigenvalue weighted by atomic mass is 10.3. The molecule has 0 aliphatic heterocycles. The maximum Gasteiger partial charge on any atom is 0.257 e. The fraction of sp³-hybridized carbons (Fsp3) is 0.417. The number of hydrogen-bond donors (Lipinski definition) is 1. The third-order valence-electron chi connectivity index (χ3n) is 1.95. The highest BCUT2D eigenvalue weighted by Crippen LogP contribution is 2.17. The zero-order valence-corrected chi connectivity index (χ0v) is 9.66. The van der Waals surface area contributed by atoms with Crippen LogP contribution in [0.3, 0.4) is 0 Å². The lowest BCUT2D eigenvalue weighted by Crippen LogP contribution is -2.24. The molecule has 0 radical (unpaired) electrons. The van der Waals surface area contributed by atoms with Crippen LogP contribution in [0.1, 0.15) is 13.3 Å². The Hall–Kier alpha value is -1.71. The average Bonchev–Trinajstić information content (AvgIpc) is 2.34. The Labute approximate surface area is 95.6 Å². The van der Waals surface area contributed by atoms with E-state index in [1.807, 2.05) is 12.1 Å². The van der Waals surface area contributed by atoms with Crippen LogP contribution in [-0.4, -0.2) is 26.2 Å². The summed E-state index contributed by atoms with van der Waals surface area (Å²) < 4.78 is 10.7. The number of rotatable bonds is 6. The second-order valence-electron chi connectivity index (χ2n) is 3.28. The third-order valence-corrected chi connectivity index (χ3v) is 1.95. The van der Waals surface area contributed by atoms with Crippen molar-refractivity contribution in [1.29, 1.82) is 0 Å². The molecule has 1 aromatic rings. The zero-order chi connectivity index (χ0) is 11.8. The van der Waals surface area contributed by atoms with E-state index in [-0.39, 0.29) is 12.5 Å². The van der Waals surface area contributed by atoms with Crippen LogP contribution in [0.2, 0.25) is 0 Å². The topological polar surface area (TPSA) is 47.6 Å². The molecule has 0 fully saturated rings. The smallest absolute Gasteiger partial charge is 0.257 e. The number of nitrogens with one attached hydrogen (secondary N) is 1. The predicted molar refractivity (Wildman–Crippen MR) is 61.8 cm³/mol. The van der Waals surface area contributed by atoms with Crippen molar-refractivity contribution in [2.24, 2.45) is 0 Å². The molecule has 1 N–H and O–H groups in total. The highest BCUT2D eigenvalue weighted by molar-refractivity contribution is 5.77. The number of hydrogen-bond acceptors (Lipinski definition) is 3. The molecule has 0 heterocycles. The first-order valence-electron chi connectivity index (χ1n) is 5.32. The Bertz CT molecular complexity index is 322. The number of ether oxygens (including phenoxy) is 2. The summed E-state index contributed by atoms with van der Waals surface area (Å²) in [5.74, 6) is 1.33. The van der Waals surface area contributed by atoms with E-state index in [1.165, 1.54) is 0 Å². The third kappa shape index (κ3) is 4.21. The first-order valence-corrected chi connectivity index (χ1v) is 5.32. The Kier molecular flexibility index (Phi) is 5.19. The summed E-state index contributed by atoms with van der Waals surface area (Å²) >= 11 is 0. The molecule has 0 aliphatic carbocycles. The van der Waals surface area contributed by atoms with Crippen molar-refractivity contribution in [3.8, 4) is 11.5 Å². The van der Waals surface area contributed by atoms with E-state index in [9.17, 15) is 4.79 Å². The van der Waals surface area contributed by atoms with Gasteiger partial charge in [-0.25, -0.2) is 0 Å². The second kappa shape index (κ2) is 6.71. The second-order valence-corrected chi connectivity index (χ2v) is 3.28. The summed E-state index contributed by atoms with van der Waals surface area (Å²) in [6.07, 6.45) is 0.981. The molecule has 0 saturated heterocycles. The minimum Gasteiger partial charge on any atom is -0.494 e. The van der Waals surface area contributed by atoms with Gasteiger partial charge in [-0.15, -0.1) is 0 Å². The molecular formula is C12H17NO3. The van der Waals surface area contributed by atoms with Crippen molar-refractivity contribution in [3.05, 3.63) is 24.3 Å². The molecule has 16 heavy (non-hydrogen) atoms. The predicted octanol–water partition coefficient (Wildman–Crippen LogP) is 1.60. The molecule has 4 heteroatoms. The Balaban J connectivity index is 2.41. The highest BCUT2D eigenvalue weighted by Gasteiger charge is 2.00. The maximum atomic E-state index is 10.9. The van der Waals surface area contributed by atoms with Gasteiger partial charge in [0, 0.05) is 7.05 Å². The quantitative estimate of drug-likeness (QED) is 0.796.